The van der Waals surface area contributed by atoms with E-state index in [2.05, 4.69) is 10.3 Å². The molecule has 1 aliphatic heterocycles. The van der Waals surface area contributed by atoms with Gasteiger partial charge in [0, 0.05) is 12.4 Å². The third-order valence-corrected chi connectivity index (χ3v) is 3.92. The van der Waals surface area contributed by atoms with E-state index in [4.69, 9.17) is 9.47 Å². The lowest BCUT2D eigenvalue weighted by Gasteiger charge is -2.26. The number of para-hydroxylation sites is 2. The summed E-state index contributed by atoms with van der Waals surface area (Å²) >= 11 is 0. The van der Waals surface area contributed by atoms with E-state index in [9.17, 15) is 9.59 Å². The number of rotatable bonds is 3. The van der Waals surface area contributed by atoms with E-state index in [0.717, 1.165) is 0 Å². The van der Waals surface area contributed by atoms with Gasteiger partial charge >= 0.3 is 0 Å². The third kappa shape index (κ3) is 2.91. The number of hydrogen-bond acceptors (Lipinski definition) is 5. The lowest BCUT2D eigenvalue weighted by atomic mass is 10.2. The van der Waals surface area contributed by atoms with Gasteiger partial charge in [-0.2, -0.15) is 0 Å². The summed E-state index contributed by atoms with van der Waals surface area (Å²) in [6.45, 7) is 0.552. The van der Waals surface area contributed by atoms with Gasteiger partial charge < -0.3 is 14.8 Å². The van der Waals surface area contributed by atoms with Crippen molar-refractivity contribution in [3.05, 3.63) is 70.8 Å². The predicted octanol–water partition coefficient (Wildman–Crippen LogP) is 1.26. The predicted molar refractivity (Wildman–Crippen MR) is 90.1 cm³/mol. The fourth-order valence-corrected chi connectivity index (χ4v) is 2.65. The first-order chi connectivity index (χ1) is 12.2. The Labute approximate surface area is 142 Å². The number of pyridine rings is 1. The van der Waals surface area contributed by atoms with Gasteiger partial charge in [0.05, 0.1) is 6.54 Å². The van der Waals surface area contributed by atoms with Gasteiger partial charge in [-0.1, -0.05) is 18.2 Å². The number of ether oxygens (including phenoxy) is 2. The van der Waals surface area contributed by atoms with Crippen LogP contribution in [0.25, 0.3) is 5.65 Å². The van der Waals surface area contributed by atoms with E-state index >= 15 is 0 Å². The molecule has 3 aromatic rings. The Bertz CT molecular complexity index is 999. The maximum atomic E-state index is 12.4. The SMILES string of the molecule is O=C(NCC1COc2ccccc2O1)c1cnc2ccccn2c1=O. The minimum Gasteiger partial charge on any atom is -0.486 e. The molecule has 126 valence electrons. The third-order valence-electron chi connectivity index (χ3n) is 3.92. The highest BCUT2D eigenvalue weighted by Gasteiger charge is 2.22. The van der Waals surface area contributed by atoms with Gasteiger partial charge in [-0.25, -0.2) is 4.98 Å². The summed E-state index contributed by atoms with van der Waals surface area (Å²) in [6.07, 6.45) is 2.55. The first-order valence-electron chi connectivity index (χ1n) is 7.85. The number of nitrogens with zero attached hydrogens (tertiary/aromatic N) is 2. The fourth-order valence-electron chi connectivity index (χ4n) is 2.65. The van der Waals surface area contributed by atoms with Gasteiger partial charge in [0.1, 0.15) is 23.9 Å². The van der Waals surface area contributed by atoms with Gasteiger partial charge in [0.2, 0.25) is 0 Å². The van der Waals surface area contributed by atoms with E-state index < -0.39 is 11.5 Å². The monoisotopic (exact) mass is 337 g/mol. The zero-order valence-corrected chi connectivity index (χ0v) is 13.2. The summed E-state index contributed by atoms with van der Waals surface area (Å²) in [4.78, 5) is 28.9. The molecule has 0 spiro atoms. The Hall–Kier alpha value is -3.35. The number of benzene rings is 1. The quantitative estimate of drug-likeness (QED) is 0.778. The summed E-state index contributed by atoms with van der Waals surface area (Å²) in [6, 6.07) is 12.5. The second kappa shape index (κ2) is 6.27. The van der Waals surface area contributed by atoms with Crippen LogP contribution in [0.1, 0.15) is 10.4 Å². The average molecular weight is 337 g/mol. The van der Waals surface area contributed by atoms with Crippen molar-refractivity contribution in [2.24, 2.45) is 0 Å². The number of carbonyl (C=O) groups excluding carboxylic acids is 1. The maximum Gasteiger partial charge on any atom is 0.270 e. The zero-order valence-electron chi connectivity index (χ0n) is 13.2. The van der Waals surface area contributed by atoms with Gasteiger partial charge in [-0.05, 0) is 24.3 Å². The largest absolute Gasteiger partial charge is 0.486 e. The first kappa shape index (κ1) is 15.2. The first-order valence-corrected chi connectivity index (χ1v) is 7.85. The Kier molecular flexibility index (Phi) is 3.81. The van der Waals surface area contributed by atoms with Crippen LogP contribution in [0.5, 0.6) is 11.5 Å². The normalized spacial score (nSPS) is 15.8. The average Bonchev–Trinajstić information content (AvgIpc) is 2.66. The molecular formula is C18H15N3O4. The van der Waals surface area contributed by atoms with E-state index in [1.165, 1.54) is 10.6 Å². The lowest BCUT2D eigenvalue weighted by molar-refractivity contribution is 0.0788. The molecule has 25 heavy (non-hydrogen) atoms. The summed E-state index contributed by atoms with van der Waals surface area (Å²) in [5.41, 5.74) is 0.0692. The molecule has 0 aliphatic carbocycles. The van der Waals surface area contributed by atoms with Crippen molar-refractivity contribution in [2.45, 2.75) is 6.10 Å². The number of hydrogen-bond donors (Lipinski definition) is 1. The van der Waals surface area contributed by atoms with Crippen molar-refractivity contribution in [1.82, 2.24) is 14.7 Å². The number of carbonyl (C=O) groups is 1. The molecule has 0 bridgehead atoms. The summed E-state index contributed by atoms with van der Waals surface area (Å²) in [5, 5.41) is 2.71. The Morgan fingerprint density at radius 2 is 2.00 bits per heavy atom. The molecule has 4 rings (SSSR count). The van der Waals surface area contributed by atoms with E-state index in [0.29, 0.717) is 23.8 Å². The maximum absolute atomic E-state index is 12.4. The molecule has 1 unspecified atom stereocenters. The molecule has 0 fully saturated rings. The van der Waals surface area contributed by atoms with Gasteiger partial charge in [0.25, 0.3) is 11.5 Å². The molecule has 1 N–H and O–H groups in total. The van der Waals surface area contributed by atoms with E-state index in [-0.39, 0.29) is 18.2 Å². The van der Waals surface area contributed by atoms with Crippen LogP contribution >= 0.6 is 0 Å². The van der Waals surface area contributed by atoms with Crippen molar-refractivity contribution in [3.63, 3.8) is 0 Å². The van der Waals surface area contributed by atoms with Crippen LogP contribution in [0.15, 0.2) is 59.7 Å². The molecule has 0 saturated heterocycles. The summed E-state index contributed by atoms with van der Waals surface area (Å²) in [7, 11) is 0. The van der Waals surface area contributed by atoms with Crippen molar-refractivity contribution in [1.29, 1.82) is 0 Å². The molecular weight excluding hydrogens is 322 g/mol. The van der Waals surface area contributed by atoms with Crippen LogP contribution in [-0.4, -0.2) is 34.5 Å². The van der Waals surface area contributed by atoms with Crippen molar-refractivity contribution < 1.29 is 14.3 Å². The number of nitrogens with one attached hydrogen (secondary N) is 1. The molecule has 3 heterocycles. The highest BCUT2D eigenvalue weighted by molar-refractivity contribution is 5.93. The Morgan fingerprint density at radius 3 is 2.88 bits per heavy atom. The highest BCUT2D eigenvalue weighted by atomic mass is 16.6. The second-order valence-corrected chi connectivity index (χ2v) is 5.61. The Morgan fingerprint density at radius 1 is 1.20 bits per heavy atom. The molecule has 7 heteroatoms. The standard InChI is InChI=1S/C18H15N3O4/c22-17(13-10-19-16-7-3-4-8-21(16)18(13)23)20-9-12-11-24-14-5-1-2-6-15(14)25-12/h1-8,10,12H,9,11H2,(H,20,22). The molecule has 0 radical (unpaired) electrons. The molecule has 1 amide bonds. The van der Waals surface area contributed by atoms with Crippen LogP contribution in [0, 0.1) is 0 Å². The fraction of sp³-hybridized carbons (Fsp3) is 0.167. The van der Waals surface area contributed by atoms with Crippen molar-refractivity contribution >= 4 is 11.6 Å². The number of aromatic nitrogens is 2. The molecule has 7 nitrogen and oxygen atoms in total. The summed E-state index contributed by atoms with van der Waals surface area (Å²) < 4.78 is 12.7. The van der Waals surface area contributed by atoms with Crippen LogP contribution in [0.2, 0.25) is 0 Å². The molecule has 0 saturated carbocycles. The van der Waals surface area contributed by atoms with Crippen LogP contribution in [0.3, 0.4) is 0 Å². The second-order valence-electron chi connectivity index (χ2n) is 5.61. The van der Waals surface area contributed by atoms with Gasteiger partial charge in [0.15, 0.2) is 11.5 Å². The topological polar surface area (TPSA) is 81.9 Å². The zero-order chi connectivity index (χ0) is 17.2. The van der Waals surface area contributed by atoms with Gasteiger partial charge in [-0.15, -0.1) is 0 Å². The molecule has 1 atom stereocenters. The number of amides is 1. The minimum absolute atomic E-state index is 0.0131. The van der Waals surface area contributed by atoms with Crippen LogP contribution < -0.4 is 20.3 Å². The van der Waals surface area contributed by atoms with Crippen molar-refractivity contribution in [2.75, 3.05) is 13.2 Å². The molecule has 1 aliphatic rings. The smallest absolute Gasteiger partial charge is 0.270 e. The number of fused-ring (bicyclic) bond motifs is 2. The van der Waals surface area contributed by atoms with Crippen molar-refractivity contribution in [3.8, 4) is 11.5 Å². The van der Waals surface area contributed by atoms with E-state index in [1.807, 2.05) is 24.3 Å². The minimum atomic E-state index is -0.488. The van der Waals surface area contributed by atoms with Crippen LogP contribution in [0.4, 0.5) is 0 Å². The van der Waals surface area contributed by atoms with Gasteiger partial charge in [-0.3, -0.25) is 14.0 Å². The highest BCUT2D eigenvalue weighted by Crippen LogP contribution is 2.30. The Balaban J connectivity index is 1.47. The molecule has 2 aromatic heterocycles. The summed E-state index contributed by atoms with van der Waals surface area (Å²) in [5.74, 6) is 0.834. The molecule has 1 aromatic carbocycles. The lowest BCUT2D eigenvalue weighted by Crippen LogP contribution is -2.42. The van der Waals surface area contributed by atoms with Crippen LogP contribution in [-0.2, 0) is 0 Å². The van der Waals surface area contributed by atoms with E-state index in [1.54, 1.807) is 24.4 Å².